The van der Waals surface area contributed by atoms with E-state index in [1.165, 1.54) is 4.90 Å². The zero-order valence-electron chi connectivity index (χ0n) is 17.9. The monoisotopic (exact) mass is 453 g/mol. The quantitative estimate of drug-likeness (QED) is 0.607. The lowest BCUT2D eigenvalue weighted by Gasteiger charge is -2.35. The molecule has 3 amide bonds. The van der Waals surface area contributed by atoms with Gasteiger partial charge in [0, 0.05) is 21.8 Å². The molecule has 2 aromatic carbocycles. The lowest BCUT2D eigenvalue weighted by Crippen LogP contribution is -2.56. The molecule has 7 nitrogen and oxygen atoms in total. The van der Waals surface area contributed by atoms with Gasteiger partial charge in [0.05, 0.1) is 24.0 Å². The highest BCUT2D eigenvalue weighted by Crippen LogP contribution is 2.55. The van der Waals surface area contributed by atoms with E-state index in [-0.39, 0.29) is 5.91 Å². The number of aliphatic hydroxyl groups excluding tert-OH is 1. The van der Waals surface area contributed by atoms with Crippen molar-refractivity contribution < 1.29 is 19.5 Å². The van der Waals surface area contributed by atoms with E-state index < -0.39 is 46.9 Å². The predicted octanol–water partition coefficient (Wildman–Crippen LogP) is 2.59. The number of para-hydroxylation sites is 1. The van der Waals surface area contributed by atoms with E-state index in [0.717, 1.165) is 0 Å². The number of halogens is 1. The number of rotatable bonds is 2. The van der Waals surface area contributed by atoms with E-state index >= 15 is 0 Å². The van der Waals surface area contributed by atoms with Gasteiger partial charge in [-0.15, -0.1) is 0 Å². The van der Waals surface area contributed by atoms with E-state index in [2.05, 4.69) is 10.6 Å². The van der Waals surface area contributed by atoms with Gasteiger partial charge in [-0.2, -0.15) is 0 Å². The molecule has 0 saturated carbocycles. The fourth-order valence-corrected chi connectivity index (χ4v) is 5.61. The van der Waals surface area contributed by atoms with E-state index in [9.17, 15) is 19.5 Å². The van der Waals surface area contributed by atoms with Crippen LogP contribution in [0.25, 0.3) is 0 Å². The molecule has 0 bridgehead atoms. The Morgan fingerprint density at radius 3 is 2.34 bits per heavy atom. The standard InChI is InChI=1S/C24H24ClN3O4/c1-23(2,3)28-20(30)16-17(21(28)31)24(14-6-4-5-7-15(14)26-22(24)32)27-18(16)19(29)12-8-10-13(25)11-9-12/h4-11,16-19,27,29H,1-3H3,(H,26,32)/t16-,17-,18-,19+,24+/m0/s1. The number of anilines is 1. The highest BCUT2D eigenvalue weighted by molar-refractivity contribution is 6.30. The van der Waals surface area contributed by atoms with Gasteiger partial charge in [0.2, 0.25) is 17.7 Å². The van der Waals surface area contributed by atoms with Gasteiger partial charge in [-0.25, -0.2) is 0 Å². The summed E-state index contributed by atoms with van der Waals surface area (Å²) in [6, 6.07) is 13.0. The zero-order chi connectivity index (χ0) is 23.0. The van der Waals surface area contributed by atoms with Gasteiger partial charge in [0.15, 0.2) is 0 Å². The summed E-state index contributed by atoms with van der Waals surface area (Å²) in [5, 5.41) is 17.9. The first-order valence-electron chi connectivity index (χ1n) is 10.6. The molecule has 2 saturated heterocycles. The normalized spacial score (nSPS) is 30.0. The number of carbonyl (C=O) groups is 3. The van der Waals surface area contributed by atoms with E-state index in [1.54, 1.807) is 69.3 Å². The third-order valence-corrected chi connectivity index (χ3v) is 7.03. The average Bonchev–Trinajstić information content (AvgIpc) is 3.32. The summed E-state index contributed by atoms with van der Waals surface area (Å²) in [5.41, 5.74) is -0.442. The molecule has 1 spiro atoms. The minimum atomic E-state index is -1.44. The van der Waals surface area contributed by atoms with Crippen molar-refractivity contribution >= 4 is 35.0 Å². The topological polar surface area (TPSA) is 98.7 Å². The second-order valence-corrected chi connectivity index (χ2v) is 10.1. The van der Waals surface area contributed by atoms with Crippen molar-refractivity contribution in [3.8, 4) is 0 Å². The fourth-order valence-electron chi connectivity index (χ4n) is 5.49. The first-order valence-corrected chi connectivity index (χ1v) is 11.0. The number of aliphatic hydroxyl groups is 1. The minimum Gasteiger partial charge on any atom is -0.387 e. The molecule has 0 radical (unpaired) electrons. The lowest BCUT2D eigenvalue weighted by atomic mass is 9.76. The van der Waals surface area contributed by atoms with Crippen LogP contribution < -0.4 is 10.6 Å². The summed E-state index contributed by atoms with van der Waals surface area (Å²) in [7, 11) is 0. The molecule has 32 heavy (non-hydrogen) atoms. The molecule has 5 atom stereocenters. The molecule has 5 rings (SSSR count). The first kappa shape index (κ1) is 21.1. The van der Waals surface area contributed by atoms with Gasteiger partial charge in [0.1, 0.15) is 5.54 Å². The molecule has 8 heteroatoms. The molecular weight excluding hydrogens is 430 g/mol. The van der Waals surface area contributed by atoms with Crippen LogP contribution in [0.15, 0.2) is 48.5 Å². The van der Waals surface area contributed by atoms with E-state index in [0.29, 0.717) is 21.8 Å². The van der Waals surface area contributed by atoms with Gasteiger partial charge in [-0.1, -0.05) is 41.9 Å². The number of fused-ring (bicyclic) bond motifs is 4. The number of likely N-dealkylation sites (tertiary alicyclic amines) is 1. The number of amides is 3. The zero-order valence-corrected chi connectivity index (χ0v) is 18.7. The number of nitrogens with zero attached hydrogens (tertiary/aromatic N) is 1. The molecule has 3 N–H and O–H groups in total. The Morgan fingerprint density at radius 2 is 1.69 bits per heavy atom. The van der Waals surface area contributed by atoms with Gasteiger partial charge in [-0.05, 0) is 44.5 Å². The van der Waals surface area contributed by atoms with Gasteiger partial charge in [0.25, 0.3) is 0 Å². The van der Waals surface area contributed by atoms with E-state index in [1.807, 2.05) is 0 Å². The SMILES string of the molecule is CC(C)(C)N1C(=O)[C@@H]2[C@@H]([C@H](O)c3ccc(Cl)cc3)N[C@@]3(C(=O)Nc4ccccc43)[C@@H]2C1=O. The molecule has 3 aliphatic heterocycles. The summed E-state index contributed by atoms with van der Waals surface area (Å²) in [6.07, 6.45) is -1.13. The molecule has 0 aliphatic carbocycles. The molecule has 2 fully saturated rings. The van der Waals surface area contributed by atoms with Crippen LogP contribution in [0.1, 0.15) is 38.0 Å². The van der Waals surface area contributed by atoms with Crippen LogP contribution in [0.2, 0.25) is 5.02 Å². The summed E-state index contributed by atoms with van der Waals surface area (Å²) in [6.45, 7) is 5.37. The van der Waals surface area contributed by atoms with Crippen LogP contribution in [-0.2, 0) is 19.9 Å². The summed E-state index contributed by atoms with van der Waals surface area (Å²) in [5.74, 6) is -3.05. The van der Waals surface area contributed by atoms with Crippen molar-refractivity contribution in [1.29, 1.82) is 0 Å². The van der Waals surface area contributed by atoms with Crippen molar-refractivity contribution in [3.63, 3.8) is 0 Å². The minimum absolute atomic E-state index is 0.382. The van der Waals surface area contributed by atoms with Crippen LogP contribution in [-0.4, -0.2) is 39.3 Å². The summed E-state index contributed by atoms with van der Waals surface area (Å²) < 4.78 is 0. The lowest BCUT2D eigenvalue weighted by molar-refractivity contribution is -0.148. The van der Waals surface area contributed by atoms with Gasteiger partial charge >= 0.3 is 0 Å². The maximum absolute atomic E-state index is 13.7. The second-order valence-electron chi connectivity index (χ2n) is 9.66. The Kier molecular flexibility index (Phi) is 4.54. The number of benzene rings is 2. The van der Waals surface area contributed by atoms with Crippen LogP contribution >= 0.6 is 11.6 Å². The second kappa shape index (κ2) is 6.88. The Labute approximate surface area is 190 Å². The van der Waals surface area contributed by atoms with Crippen molar-refractivity contribution in [2.45, 2.75) is 44.0 Å². The maximum Gasteiger partial charge on any atom is 0.250 e. The highest BCUT2D eigenvalue weighted by Gasteiger charge is 2.72. The van der Waals surface area contributed by atoms with Gasteiger partial charge < -0.3 is 10.4 Å². The Morgan fingerprint density at radius 1 is 1.03 bits per heavy atom. The number of imide groups is 1. The highest BCUT2D eigenvalue weighted by atomic mass is 35.5. The number of carbonyl (C=O) groups excluding carboxylic acids is 3. The third kappa shape index (κ3) is 2.71. The maximum atomic E-state index is 13.7. The summed E-state index contributed by atoms with van der Waals surface area (Å²) in [4.78, 5) is 42.0. The van der Waals surface area contributed by atoms with E-state index in [4.69, 9.17) is 11.6 Å². The van der Waals surface area contributed by atoms with Crippen molar-refractivity contribution in [2.75, 3.05) is 5.32 Å². The molecular formula is C24H24ClN3O4. The largest absolute Gasteiger partial charge is 0.387 e. The van der Waals surface area contributed by atoms with Crippen molar-refractivity contribution in [2.24, 2.45) is 11.8 Å². The fraction of sp³-hybridized carbons (Fsp3) is 0.375. The molecule has 166 valence electrons. The number of hydrogen-bond acceptors (Lipinski definition) is 5. The predicted molar refractivity (Wildman–Crippen MR) is 119 cm³/mol. The Hall–Kier alpha value is -2.74. The van der Waals surface area contributed by atoms with Crippen molar-refractivity contribution in [1.82, 2.24) is 10.2 Å². The smallest absolute Gasteiger partial charge is 0.250 e. The third-order valence-electron chi connectivity index (χ3n) is 6.78. The van der Waals surface area contributed by atoms with Gasteiger partial charge in [-0.3, -0.25) is 24.6 Å². The molecule has 2 aromatic rings. The number of nitrogens with one attached hydrogen (secondary N) is 2. The van der Waals surface area contributed by atoms with Crippen LogP contribution in [0.5, 0.6) is 0 Å². The molecule has 3 aliphatic rings. The van der Waals surface area contributed by atoms with Crippen LogP contribution in [0.3, 0.4) is 0 Å². The molecule has 0 unspecified atom stereocenters. The summed E-state index contributed by atoms with van der Waals surface area (Å²) >= 11 is 5.99. The first-order chi connectivity index (χ1) is 15.1. The molecule has 3 heterocycles. The Balaban J connectivity index is 1.68. The van der Waals surface area contributed by atoms with Crippen LogP contribution in [0.4, 0.5) is 5.69 Å². The van der Waals surface area contributed by atoms with Crippen LogP contribution in [0, 0.1) is 11.8 Å². The Bertz CT molecular complexity index is 1140. The molecule has 0 aromatic heterocycles. The average molecular weight is 454 g/mol. The van der Waals surface area contributed by atoms with Crippen molar-refractivity contribution in [3.05, 3.63) is 64.7 Å². The number of hydrogen-bond donors (Lipinski definition) is 3.